The Morgan fingerprint density at radius 3 is 2.47 bits per heavy atom. The summed E-state index contributed by atoms with van der Waals surface area (Å²) < 4.78 is 28.6. The van der Waals surface area contributed by atoms with Crippen LogP contribution >= 0.6 is 0 Å². The maximum atomic E-state index is 13.3. The minimum Gasteiger partial charge on any atom is -0.376 e. The molecule has 0 fully saturated rings. The van der Waals surface area contributed by atoms with Gasteiger partial charge in [-0.25, -0.2) is 8.78 Å². The van der Waals surface area contributed by atoms with Gasteiger partial charge in [-0.05, 0) is 30.7 Å². The molecule has 0 aliphatic rings. The smallest absolute Gasteiger partial charge is 0.149 e. The first-order valence-electron chi connectivity index (χ1n) is 5.53. The normalized spacial score (nSPS) is 10.5. The van der Waals surface area contributed by atoms with Crippen molar-refractivity contribution in [3.63, 3.8) is 0 Å². The predicted molar refractivity (Wildman–Crippen MR) is 63.8 cm³/mol. The van der Waals surface area contributed by atoms with Gasteiger partial charge in [-0.2, -0.15) is 0 Å². The van der Waals surface area contributed by atoms with Crippen LogP contribution in [0.4, 0.5) is 14.5 Å². The fourth-order valence-corrected chi connectivity index (χ4v) is 1.65. The summed E-state index contributed by atoms with van der Waals surface area (Å²) in [7, 11) is 0. The second-order valence-electron chi connectivity index (χ2n) is 3.80. The number of nitrogens with one attached hydrogen (secondary N) is 1. The second-order valence-corrected chi connectivity index (χ2v) is 3.80. The van der Waals surface area contributed by atoms with Crippen molar-refractivity contribution in [3.8, 4) is 0 Å². The van der Waals surface area contributed by atoms with E-state index in [2.05, 4.69) is 5.32 Å². The van der Waals surface area contributed by atoms with Gasteiger partial charge < -0.3 is 9.88 Å². The molecular weight excluding hydrogens is 222 g/mol. The van der Waals surface area contributed by atoms with E-state index in [-0.39, 0.29) is 5.69 Å². The molecule has 0 aliphatic carbocycles. The van der Waals surface area contributed by atoms with Gasteiger partial charge in [0, 0.05) is 25.5 Å². The van der Waals surface area contributed by atoms with E-state index in [0.29, 0.717) is 6.54 Å². The summed E-state index contributed by atoms with van der Waals surface area (Å²) in [4.78, 5) is 0. The lowest BCUT2D eigenvalue weighted by atomic mass is 10.2. The van der Waals surface area contributed by atoms with Crippen LogP contribution in [0.5, 0.6) is 0 Å². The Bertz CT molecular complexity index is 486. The van der Waals surface area contributed by atoms with E-state index in [1.165, 1.54) is 18.2 Å². The van der Waals surface area contributed by atoms with E-state index in [1.807, 2.05) is 30.0 Å². The molecule has 0 saturated heterocycles. The number of para-hydroxylation sites is 1. The minimum absolute atomic E-state index is 0.0725. The standard InChI is InChI=1S/C13H14F2N2/c1-2-17-7-6-10(9-17)8-16-13-11(14)4-3-5-12(13)15/h3-7,9,16H,2,8H2,1H3. The number of nitrogens with zero attached hydrogens (tertiary/aromatic N) is 1. The molecule has 0 spiro atoms. The lowest BCUT2D eigenvalue weighted by Gasteiger charge is -2.07. The van der Waals surface area contributed by atoms with Crippen molar-refractivity contribution in [1.29, 1.82) is 0 Å². The lowest BCUT2D eigenvalue weighted by Crippen LogP contribution is -2.03. The van der Waals surface area contributed by atoms with Crippen molar-refractivity contribution in [1.82, 2.24) is 4.57 Å². The first-order valence-corrected chi connectivity index (χ1v) is 5.53. The highest BCUT2D eigenvalue weighted by atomic mass is 19.1. The van der Waals surface area contributed by atoms with Gasteiger partial charge in [-0.15, -0.1) is 0 Å². The Balaban J connectivity index is 2.07. The third kappa shape index (κ3) is 2.64. The van der Waals surface area contributed by atoms with Crippen LogP contribution in [0.3, 0.4) is 0 Å². The van der Waals surface area contributed by atoms with Gasteiger partial charge in [-0.3, -0.25) is 0 Å². The van der Waals surface area contributed by atoms with Crippen LogP contribution in [-0.2, 0) is 13.1 Å². The van der Waals surface area contributed by atoms with E-state index in [0.717, 1.165) is 12.1 Å². The molecule has 0 atom stereocenters. The van der Waals surface area contributed by atoms with Gasteiger partial charge in [-0.1, -0.05) is 6.07 Å². The number of hydrogen-bond acceptors (Lipinski definition) is 1. The van der Waals surface area contributed by atoms with Crippen LogP contribution < -0.4 is 5.32 Å². The van der Waals surface area contributed by atoms with Crippen LogP contribution in [0.2, 0.25) is 0 Å². The summed E-state index contributed by atoms with van der Waals surface area (Å²) in [6.07, 6.45) is 3.89. The van der Waals surface area contributed by atoms with E-state index in [4.69, 9.17) is 0 Å². The third-order valence-electron chi connectivity index (χ3n) is 2.61. The largest absolute Gasteiger partial charge is 0.376 e. The Hall–Kier alpha value is -1.84. The van der Waals surface area contributed by atoms with Crippen LogP contribution in [0, 0.1) is 11.6 Å². The molecule has 0 radical (unpaired) electrons. The molecule has 0 bridgehead atoms. The molecule has 90 valence electrons. The second kappa shape index (κ2) is 4.99. The van der Waals surface area contributed by atoms with Gasteiger partial charge in [0.15, 0.2) is 0 Å². The highest BCUT2D eigenvalue weighted by molar-refractivity contribution is 5.46. The van der Waals surface area contributed by atoms with Gasteiger partial charge in [0.25, 0.3) is 0 Å². The van der Waals surface area contributed by atoms with Crippen molar-refractivity contribution in [3.05, 3.63) is 53.9 Å². The molecule has 17 heavy (non-hydrogen) atoms. The molecule has 1 heterocycles. The van der Waals surface area contributed by atoms with Crippen LogP contribution in [0.25, 0.3) is 0 Å². The summed E-state index contributed by atoms with van der Waals surface area (Å²) in [6, 6.07) is 5.75. The SMILES string of the molecule is CCn1ccc(CNc2c(F)cccc2F)c1. The fourth-order valence-electron chi connectivity index (χ4n) is 1.65. The van der Waals surface area contributed by atoms with Crippen molar-refractivity contribution >= 4 is 5.69 Å². The molecule has 2 aromatic rings. The van der Waals surface area contributed by atoms with E-state index >= 15 is 0 Å². The Labute approximate surface area is 98.9 Å². The number of aryl methyl sites for hydroxylation is 1. The number of halogens is 2. The van der Waals surface area contributed by atoms with Crippen molar-refractivity contribution in [2.75, 3.05) is 5.32 Å². The zero-order valence-corrected chi connectivity index (χ0v) is 9.58. The average molecular weight is 236 g/mol. The van der Waals surface area contributed by atoms with Crippen LogP contribution in [-0.4, -0.2) is 4.57 Å². The Kier molecular flexibility index (Phi) is 3.42. The number of aromatic nitrogens is 1. The van der Waals surface area contributed by atoms with Gasteiger partial charge in [0.05, 0.1) is 0 Å². The number of hydrogen-bond donors (Lipinski definition) is 1. The molecule has 0 aliphatic heterocycles. The van der Waals surface area contributed by atoms with E-state index in [9.17, 15) is 8.78 Å². The maximum absolute atomic E-state index is 13.3. The van der Waals surface area contributed by atoms with Crippen molar-refractivity contribution < 1.29 is 8.78 Å². The zero-order chi connectivity index (χ0) is 12.3. The summed E-state index contributed by atoms with van der Waals surface area (Å²) in [5.74, 6) is -1.14. The van der Waals surface area contributed by atoms with Gasteiger partial charge >= 0.3 is 0 Å². The predicted octanol–water partition coefficient (Wildman–Crippen LogP) is 3.40. The molecular formula is C13H14F2N2. The maximum Gasteiger partial charge on any atom is 0.149 e. The van der Waals surface area contributed by atoms with E-state index in [1.54, 1.807) is 0 Å². The Morgan fingerprint density at radius 2 is 1.88 bits per heavy atom. The zero-order valence-electron chi connectivity index (χ0n) is 9.58. The van der Waals surface area contributed by atoms with Crippen LogP contribution in [0.15, 0.2) is 36.7 Å². The number of anilines is 1. The molecule has 4 heteroatoms. The third-order valence-corrected chi connectivity index (χ3v) is 2.61. The topological polar surface area (TPSA) is 17.0 Å². The molecule has 2 nitrogen and oxygen atoms in total. The molecule has 0 unspecified atom stereocenters. The highest BCUT2D eigenvalue weighted by Gasteiger charge is 2.07. The minimum atomic E-state index is -0.570. The number of rotatable bonds is 4. The quantitative estimate of drug-likeness (QED) is 0.860. The molecule has 0 amide bonds. The molecule has 0 saturated carbocycles. The molecule has 1 N–H and O–H groups in total. The molecule has 1 aromatic carbocycles. The van der Waals surface area contributed by atoms with Gasteiger partial charge in [0.2, 0.25) is 0 Å². The summed E-state index contributed by atoms with van der Waals surface area (Å²) in [5.41, 5.74) is 0.922. The number of benzene rings is 1. The monoisotopic (exact) mass is 236 g/mol. The summed E-state index contributed by atoms with van der Waals surface area (Å²) in [6.45, 7) is 3.33. The highest BCUT2D eigenvalue weighted by Crippen LogP contribution is 2.18. The molecule has 2 rings (SSSR count). The lowest BCUT2D eigenvalue weighted by molar-refractivity contribution is 0.588. The fraction of sp³-hybridized carbons (Fsp3) is 0.231. The first kappa shape index (κ1) is 11.6. The summed E-state index contributed by atoms with van der Waals surface area (Å²) >= 11 is 0. The van der Waals surface area contributed by atoms with Gasteiger partial charge in [0.1, 0.15) is 17.3 Å². The van der Waals surface area contributed by atoms with Crippen molar-refractivity contribution in [2.45, 2.75) is 20.0 Å². The average Bonchev–Trinajstić information content (AvgIpc) is 2.76. The van der Waals surface area contributed by atoms with E-state index < -0.39 is 11.6 Å². The Morgan fingerprint density at radius 1 is 1.18 bits per heavy atom. The van der Waals surface area contributed by atoms with Crippen LogP contribution in [0.1, 0.15) is 12.5 Å². The molecule has 1 aromatic heterocycles. The van der Waals surface area contributed by atoms with Crippen molar-refractivity contribution in [2.24, 2.45) is 0 Å². The summed E-state index contributed by atoms with van der Waals surface area (Å²) in [5, 5.41) is 2.77. The first-order chi connectivity index (χ1) is 8.20.